The van der Waals surface area contributed by atoms with E-state index in [1.165, 1.54) is 0 Å². The van der Waals surface area contributed by atoms with Crippen LogP contribution in [0.5, 0.6) is 0 Å². The predicted octanol–water partition coefficient (Wildman–Crippen LogP) is -2.16. The lowest BCUT2D eigenvalue weighted by Crippen LogP contribution is -2.49. The average Bonchev–Trinajstić information content (AvgIpc) is 1.62. The van der Waals surface area contributed by atoms with Gasteiger partial charge in [-0.2, -0.15) is 0 Å². The van der Waals surface area contributed by atoms with Crippen molar-refractivity contribution in [3.63, 3.8) is 0 Å². The van der Waals surface area contributed by atoms with E-state index in [1.54, 1.807) is 0 Å². The molecule has 0 saturated carbocycles. The molecule has 0 saturated heterocycles. The first kappa shape index (κ1) is 8.80. The molecule has 0 aliphatic rings. The van der Waals surface area contributed by atoms with Gasteiger partial charge in [0.1, 0.15) is 0 Å². The summed E-state index contributed by atoms with van der Waals surface area (Å²) in [5.74, 6) is -2.19. The van der Waals surface area contributed by atoms with E-state index in [0.717, 1.165) is 14.0 Å². The first-order valence-electron chi connectivity index (χ1n) is 2.39. The van der Waals surface area contributed by atoms with Gasteiger partial charge in [-0.05, 0) is 7.05 Å². The number of aliphatic hydroxyl groups excluding tert-OH is 1. The van der Waals surface area contributed by atoms with Crippen molar-refractivity contribution in [2.75, 3.05) is 7.05 Å². The minimum absolute atomic E-state index is 0.576. The molecule has 0 fully saturated rings. The molecule has 5 nitrogen and oxygen atoms in total. The van der Waals surface area contributed by atoms with Gasteiger partial charge in [0.25, 0.3) is 0 Å². The summed E-state index contributed by atoms with van der Waals surface area (Å²) < 4.78 is 0. The molecule has 0 aromatic carbocycles. The lowest BCUT2D eigenvalue weighted by Gasteiger charge is -2.29. The van der Waals surface area contributed by atoms with Gasteiger partial charge in [0.05, 0.1) is 0 Å². The zero-order valence-electron chi connectivity index (χ0n) is 5.31. The largest absolute Gasteiger partial charge is 0.356 e. The minimum atomic E-state index is -2.19. The Hall–Kier alpha value is -0.200. The summed E-state index contributed by atoms with van der Waals surface area (Å²) in [5.41, 5.74) is 0. The SMILES string of the molecule is CN(C(O)O)C(C)(O)O. The fourth-order valence-corrected chi connectivity index (χ4v) is 0.219. The van der Waals surface area contributed by atoms with Crippen molar-refractivity contribution >= 4 is 0 Å². The molecule has 0 amide bonds. The molecule has 0 aromatic rings. The minimum Gasteiger partial charge on any atom is -0.356 e. The second kappa shape index (κ2) is 2.59. The Bertz CT molecular complexity index is 87.1. The van der Waals surface area contributed by atoms with E-state index >= 15 is 0 Å². The summed E-state index contributed by atoms with van der Waals surface area (Å²) in [6.07, 6.45) is -1.86. The third kappa shape index (κ3) is 2.73. The van der Waals surface area contributed by atoms with E-state index in [2.05, 4.69) is 0 Å². The zero-order valence-corrected chi connectivity index (χ0v) is 5.31. The second-order valence-electron chi connectivity index (χ2n) is 1.93. The van der Waals surface area contributed by atoms with Crippen LogP contribution in [0.25, 0.3) is 0 Å². The Balaban J connectivity index is 3.88. The van der Waals surface area contributed by atoms with E-state index in [0.29, 0.717) is 4.90 Å². The predicted molar refractivity (Wildman–Crippen MR) is 28.8 cm³/mol. The highest BCUT2D eigenvalue weighted by Gasteiger charge is 2.26. The monoisotopic (exact) mass is 137 g/mol. The first-order chi connectivity index (χ1) is 3.85. The quantitative estimate of drug-likeness (QED) is 0.326. The molecule has 5 heteroatoms. The standard InChI is InChI=1S/C4H11NO4/c1-4(8,9)5(2)3(6)7/h3,6-9H,1-2H3. The van der Waals surface area contributed by atoms with Crippen LogP contribution in [0.3, 0.4) is 0 Å². The van der Waals surface area contributed by atoms with Gasteiger partial charge in [0, 0.05) is 6.92 Å². The lowest BCUT2D eigenvalue weighted by molar-refractivity contribution is -0.316. The number of hydrogen-bond acceptors (Lipinski definition) is 5. The third-order valence-electron chi connectivity index (χ3n) is 1.01. The molecular formula is C4H11NO4. The maximum atomic E-state index is 8.62. The smallest absolute Gasteiger partial charge is 0.225 e. The molecule has 0 heterocycles. The Labute approximate surface area is 52.8 Å². The Morgan fingerprint density at radius 1 is 1.33 bits per heavy atom. The molecule has 0 radical (unpaired) electrons. The second-order valence-corrected chi connectivity index (χ2v) is 1.93. The third-order valence-corrected chi connectivity index (χ3v) is 1.01. The summed E-state index contributed by atoms with van der Waals surface area (Å²) in [7, 11) is 1.16. The summed E-state index contributed by atoms with van der Waals surface area (Å²) in [4.78, 5) is 0.576. The van der Waals surface area contributed by atoms with Crippen molar-refractivity contribution < 1.29 is 20.4 Å². The van der Waals surface area contributed by atoms with Crippen molar-refractivity contribution in [3.05, 3.63) is 0 Å². The van der Waals surface area contributed by atoms with Gasteiger partial charge in [-0.25, -0.2) is 4.90 Å². The fraction of sp³-hybridized carbons (Fsp3) is 1.00. The average molecular weight is 137 g/mol. The van der Waals surface area contributed by atoms with E-state index < -0.39 is 12.3 Å². The van der Waals surface area contributed by atoms with Crippen LogP contribution in [0.1, 0.15) is 6.92 Å². The molecule has 0 unspecified atom stereocenters. The van der Waals surface area contributed by atoms with Crippen LogP contribution in [-0.2, 0) is 0 Å². The van der Waals surface area contributed by atoms with Crippen LogP contribution in [0.4, 0.5) is 0 Å². The summed E-state index contributed by atoms with van der Waals surface area (Å²) in [6.45, 7) is 1.02. The molecule has 9 heavy (non-hydrogen) atoms. The Morgan fingerprint density at radius 2 is 1.67 bits per heavy atom. The fourth-order valence-electron chi connectivity index (χ4n) is 0.219. The molecular weight excluding hydrogens is 126 g/mol. The molecule has 0 atom stereocenters. The van der Waals surface area contributed by atoms with Gasteiger partial charge in [0.15, 0.2) is 0 Å². The van der Waals surface area contributed by atoms with Crippen LogP contribution in [-0.4, -0.2) is 44.7 Å². The van der Waals surface area contributed by atoms with Gasteiger partial charge >= 0.3 is 0 Å². The molecule has 0 aliphatic heterocycles. The maximum Gasteiger partial charge on any atom is 0.225 e. The normalized spacial score (nSPS) is 13.3. The molecule has 4 N–H and O–H groups in total. The van der Waals surface area contributed by atoms with E-state index in [4.69, 9.17) is 20.4 Å². The van der Waals surface area contributed by atoms with Crippen molar-refractivity contribution in [2.45, 2.75) is 19.2 Å². The molecule has 0 spiro atoms. The number of rotatable bonds is 2. The highest BCUT2D eigenvalue weighted by Crippen LogP contribution is 2.04. The molecule has 0 aromatic heterocycles. The van der Waals surface area contributed by atoms with Crippen LogP contribution in [0.2, 0.25) is 0 Å². The highest BCUT2D eigenvalue weighted by atomic mass is 16.6. The van der Waals surface area contributed by atoms with Crippen molar-refractivity contribution in [3.8, 4) is 0 Å². The van der Waals surface area contributed by atoms with E-state index in [9.17, 15) is 0 Å². The Morgan fingerprint density at radius 3 is 1.67 bits per heavy atom. The van der Waals surface area contributed by atoms with Crippen molar-refractivity contribution in [2.24, 2.45) is 0 Å². The van der Waals surface area contributed by atoms with Crippen molar-refractivity contribution in [1.29, 1.82) is 0 Å². The molecule has 0 aliphatic carbocycles. The number of aliphatic hydroxyl groups is 4. The summed E-state index contributed by atoms with van der Waals surface area (Å²) >= 11 is 0. The van der Waals surface area contributed by atoms with Gasteiger partial charge in [-0.1, -0.05) is 0 Å². The maximum absolute atomic E-state index is 8.62. The molecule has 0 rings (SSSR count). The molecule has 0 bridgehead atoms. The van der Waals surface area contributed by atoms with E-state index in [1.807, 2.05) is 0 Å². The highest BCUT2D eigenvalue weighted by molar-refractivity contribution is 4.53. The van der Waals surface area contributed by atoms with E-state index in [-0.39, 0.29) is 0 Å². The van der Waals surface area contributed by atoms with Crippen LogP contribution < -0.4 is 0 Å². The van der Waals surface area contributed by atoms with Gasteiger partial charge in [-0.3, -0.25) is 0 Å². The van der Waals surface area contributed by atoms with Gasteiger partial charge in [-0.15, -0.1) is 0 Å². The Kier molecular flexibility index (Phi) is 2.53. The number of hydrogen-bond donors (Lipinski definition) is 4. The van der Waals surface area contributed by atoms with Gasteiger partial charge < -0.3 is 20.4 Å². The topological polar surface area (TPSA) is 84.2 Å². The van der Waals surface area contributed by atoms with Crippen LogP contribution >= 0.6 is 0 Å². The first-order valence-corrected chi connectivity index (χ1v) is 2.39. The zero-order chi connectivity index (χ0) is 7.65. The lowest BCUT2D eigenvalue weighted by atomic mass is 10.5. The number of nitrogens with zero attached hydrogens (tertiary/aromatic N) is 1. The van der Waals surface area contributed by atoms with Crippen molar-refractivity contribution in [1.82, 2.24) is 4.90 Å². The van der Waals surface area contributed by atoms with Crippen LogP contribution in [0, 0.1) is 0 Å². The van der Waals surface area contributed by atoms with Gasteiger partial charge in [0.2, 0.25) is 12.3 Å². The summed E-state index contributed by atoms with van der Waals surface area (Å²) in [5, 5.41) is 33.9. The summed E-state index contributed by atoms with van der Waals surface area (Å²) in [6, 6.07) is 0. The molecule has 56 valence electrons. The van der Waals surface area contributed by atoms with Crippen LogP contribution in [0.15, 0.2) is 0 Å².